The molecule has 0 aliphatic heterocycles. The summed E-state index contributed by atoms with van der Waals surface area (Å²) >= 11 is 0. The van der Waals surface area contributed by atoms with Crippen LogP contribution in [0.1, 0.15) is 0 Å². The van der Waals surface area contributed by atoms with Gasteiger partial charge in [-0.2, -0.15) is 0 Å². The Balaban J connectivity index is 2.82. The maximum atomic E-state index is 11.4. The summed E-state index contributed by atoms with van der Waals surface area (Å²) in [7, 11) is 2.95. The molecular weight excluding hydrogens is 196 g/mol. The third-order valence-electron chi connectivity index (χ3n) is 2.07. The van der Waals surface area contributed by atoms with E-state index in [1.165, 1.54) is 7.11 Å². The molecule has 5 heteroatoms. The highest BCUT2D eigenvalue weighted by Gasteiger charge is 2.07. The number of nitrogens with zero attached hydrogens (tertiary/aromatic N) is 1. The lowest BCUT2D eigenvalue weighted by atomic mass is 10.3. The van der Waals surface area contributed by atoms with Gasteiger partial charge in [0.25, 0.3) is 5.88 Å². The molecule has 0 aliphatic carbocycles. The Hall–Kier alpha value is -2.04. The molecule has 0 saturated carbocycles. The number of benzene rings is 1. The van der Waals surface area contributed by atoms with Gasteiger partial charge in [0, 0.05) is 0 Å². The van der Waals surface area contributed by atoms with Crippen LogP contribution in [-0.2, 0) is 0 Å². The van der Waals surface area contributed by atoms with Crippen LogP contribution in [0.4, 0.5) is 0 Å². The predicted octanol–water partition coefficient (Wildman–Crippen LogP) is 0.940. The molecule has 2 aromatic rings. The minimum absolute atomic E-state index is 0.0343. The van der Waals surface area contributed by atoms with Crippen LogP contribution in [0, 0.1) is 0 Å². The minimum atomic E-state index is -0.349. The van der Waals surface area contributed by atoms with Crippen LogP contribution in [0.25, 0.3) is 11.0 Å². The van der Waals surface area contributed by atoms with Gasteiger partial charge in [-0.3, -0.25) is 4.79 Å². The zero-order valence-electron chi connectivity index (χ0n) is 8.40. The normalized spacial score (nSPS) is 10.3. The molecule has 2 rings (SSSR count). The summed E-state index contributed by atoms with van der Waals surface area (Å²) in [5.74, 6) is 0.633. The number of hydrogen-bond donors (Lipinski definition) is 1. The van der Waals surface area contributed by atoms with Crippen molar-refractivity contribution in [2.45, 2.75) is 0 Å². The quantitative estimate of drug-likeness (QED) is 0.794. The topological polar surface area (TPSA) is 64.2 Å². The summed E-state index contributed by atoms with van der Waals surface area (Å²) in [6, 6.07) is 5.31. The number of hydrogen-bond acceptors (Lipinski definition) is 4. The SMILES string of the molecule is COc1nc2c(OC)cccc2[nH]c1=O. The first-order valence-corrected chi connectivity index (χ1v) is 4.37. The van der Waals surface area contributed by atoms with Gasteiger partial charge in [0.05, 0.1) is 19.7 Å². The smallest absolute Gasteiger partial charge is 0.311 e. The molecule has 0 spiro atoms. The van der Waals surface area contributed by atoms with Gasteiger partial charge in [-0.25, -0.2) is 4.98 Å². The van der Waals surface area contributed by atoms with Crippen LogP contribution in [0.5, 0.6) is 11.6 Å². The second kappa shape index (κ2) is 3.61. The van der Waals surface area contributed by atoms with Gasteiger partial charge in [0.2, 0.25) is 0 Å². The molecule has 0 radical (unpaired) electrons. The van der Waals surface area contributed by atoms with E-state index >= 15 is 0 Å². The molecule has 1 heterocycles. The number of H-pyrrole nitrogens is 1. The Morgan fingerprint density at radius 2 is 2.07 bits per heavy atom. The molecule has 0 aliphatic rings. The molecule has 1 aromatic heterocycles. The van der Waals surface area contributed by atoms with E-state index in [0.29, 0.717) is 16.8 Å². The van der Waals surface area contributed by atoms with Gasteiger partial charge >= 0.3 is 5.56 Å². The Morgan fingerprint density at radius 1 is 1.27 bits per heavy atom. The molecule has 78 valence electrons. The largest absolute Gasteiger partial charge is 0.494 e. The van der Waals surface area contributed by atoms with E-state index in [-0.39, 0.29) is 11.4 Å². The molecule has 5 nitrogen and oxygen atoms in total. The molecule has 0 fully saturated rings. The number of rotatable bonds is 2. The van der Waals surface area contributed by atoms with Crippen molar-refractivity contribution in [3.8, 4) is 11.6 Å². The van der Waals surface area contributed by atoms with E-state index in [1.807, 2.05) is 0 Å². The first-order valence-electron chi connectivity index (χ1n) is 4.37. The van der Waals surface area contributed by atoms with Crippen molar-refractivity contribution >= 4 is 11.0 Å². The van der Waals surface area contributed by atoms with E-state index in [2.05, 4.69) is 9.97 Å². The predicted molar refractivity (Wildman–Crippen MR) is 55.5 cm³/mol. The fourth-order valence-corrected chi connectivity index (χ4v) is 1.37. The van der Waals surface area contributed by atoms with Gasteiger partial charge in [0.15, 0.2) is 0 Å². The van der Waals surface area contributed by atoms with Gasteiger partial charge < -0.3 is 14.5 Å². The Morgan fingerprint density at radius 3 is 2.73 bits per heavy atom. The minimum Gasteiger partial charge on any atom is -0.494 e. The summed E-state index contributed by atoms with van der Waals surface area (Å²) in [4.78, 5) is 18.1. The highest BCUT2D eigenvalue weighted by atomic mass is 16.5. The van der Waals surface area contributed by atoms with Crippen molar-refractivity contribution in [3.63, 3.8) is 0 Å². The van der Waals surface area contributed by atoms with Crippen molar-refractivity contribution < 1.29 is 9.47 Å². The molecule has 0 amide bonds. The van der Waals surface area contributed by atoms with Gasteiger partial charge in [-0.05, 0) is 12.1 Å². The number of aromatic nitrogens is 2. The first-order chi connectivity index (χ1) is 7.26. The van der Waals surface area contributed by atoms with Gasteiger partial charge in [-0.1, -0.05) is 6.07 Å². The zero-order valence-corrected chi connectivity index (χ0v) is 8.40. The number of ether oxygens (including phenoxy) is 2. The average molecular weight is 206 g/mol. The van der Waals surface area contributed by atoms with E-state index in [4.69, 9.17) is 9.47 Å². The first kappa shape index (κ1) is 9.51. The van der Waals surface area contributed by atoms with Crippen molar-refractivity contribution in [1.29, 1.82) is 0 Å². The third-order valence-corrected chi connectivity index (χ3v) is 2.07. The van der Waals surface area contributed by atoms with Crippen LogP contribution < -0.4 is 15.0 Å². The number of nitrogens with one attached hydrogen (secondary N) is 1. The Kier molecular flexibility index (Phi) is 2.29. The van der Waals surface area contributed by atoms with Crippen LogP contribution >= 0.6 is 0 Å². The fourth-order valence-electron chi connectivity index (χ4n) is 1.37. The van der Waals surface area contributed by atoms with Crippen LogP contribution in [-0.4, -0.2) is 24.2 Å². The van der Waals surface area contributed by atoms with E-state index < -0.39 is 0 Å². The van der Waals surface area contributed by atoms with Crippen LogP contribution in [0.2, 0.25) is 0 Å². The third kappa shape index (κ3) is 1.52. The lowest BCUT2D eigenvalue weighted by Gasteiger charge is -2.05. The monoisotopic (exact) mass is 206 g/mol. The highest BCUT2D eigenvalue weighted by molar-refractivity contribution is 5.81. The van der Waals surface area contributed by atoms with Crippen molar-refractivity contribution in [2.75, 3.05) is 14.2 Å². The number of methoxy groups -OCH3 is 2. The van der Waals surface area contributed by atoms with Crippen LogP contribution in [0.3, 0.4) is 0 Å². The average Bonchev–Trinajstić information content (AvgIpc) is 2.27. The van der Waals surface area contributed by atoms with E-state index in [9.17, 15) is 4.79 Å². The summed E-state index contributed by atoms with van der Waals surface area (Å²) < 4.78 is 9.97. The Bertz CT molecular complexity index is 548. The number of aromatic amines is 1. The Labute approximate surface area is 85.7 Å². The van der Waals surface area contributed by atoms with E-state index in [1.54, 1.807) is 25.3 Å². The zero-order chi connectivity index (χ0) is 10.8. The summed E-state index contributed by atoms with van der Waals surface area (Å²) in [6.45, 7) is 0. The standard InChI is InChI=1S/C10H10N2O3/c1-14-7-5-3-4-6-8(7)12-10(15-2)9(13)11-6/h3-5H,1-2H3,(H,11,13). The maximum Gasteiger partial charge on any atom is 0.311 e. The van der Waals surface area contributed by atoms with Crippen molar-refractivity contribution in [3.05, 3.63) is 28.6 Å². The second-order valence-electron chi connectivity index (χ2n) is 2.93. The fraction of sp³-hybridized carbons (Fsp3) is 0.200. The summed E-state index contributed by atoms with van der Waals surface area (Å²) in [5.41, 5.74) is 0.856. The molecule has 1 aromatic carbocycles. The maximum absolute atomic E-state index is 11.4. The molecule has 0 unspecified atom stereocenters. The molecular formula is C10H10N2O3. The van der Waals surface area contributed by atoms with Crippen molar-refractivity contribution in [2.24, 2.45) is 0 Å². The highest BCUT2D eigenvalue weighted by Crippen LogP contribution is 2.21. The molecule has 15 heavy (non-hydrogen) atoms. The van der Waals surface area contributed by atoms with Crippen molar-refractivity contribution in [1.82, 2.24) is 9.97 Å². The number of fused-ring (bicyclic) bond motifs is 1. The van der Waals surface area contributed by atoms with E-state index in [0.717, 1.165) is 0 Å². The van der Waals surface area contributed by atoms with Gasteiger partial charge in [0.1, 0.15) is 11.3 Å². The molecule has 1 N–H and O–H groups in total. The lowest BCUT2D eigenvalue weighted by Crippen LogP contribution is -2.11. The summed E-state index contributed by atoms with van der Waals surface area (Å²) in [6.07, 6.45) is 0. The van der Waals surface area contributed by atoms with Crippen LogP contribution in [0.15, 0.2) is 23.0 Å². The number of para-hydroxylation sites is 1. The lowest BCUT2D eigenvalue weighted by molar-refractivity contribution is 0.390. The second-order valence-corrected chi connectivity index (χ2v) is 2.93. The summed E-state index contributed by atoms with van der Waals surface area (Å²) in [5, 5.41) is 0. The molecule has 0 saturated heterocycles. The molecule has 0 atom stereocenters. The molecule has 0 bridgehead atoms. The van der Waals surface area contributed by atoms with Gasteiger partial charge in [-0.15, -0.1) is 0 Å².